The SMILES string of the molecule is Cc1nc2cc(NCCCC(C)C)c(N)cc2s1. The molecule has 0 aliphatic heterocycles. The molecule has 0 saturated carbocycles. The summed E-state index contributed by atoms with van der Waals surface area (Å²) in [4.78, 5) is 4.49. The summed E-state index contributed by atoms with van der Waals surface area (Å²) in [7, 11) is 0. The normalized spacial score (nSPS) is 11.3. The van der Waals surface area contributed by atoms with Crippen molar-refractivity contribution in [1.29, 1.82) is 0 Å². The van der Waals surface area contributed by atoms with Gasteiger partial charge in [-0.2, -0.15) is 0 Å². The molecule has 3 nitrogen and oxygen atoms in total. The molecule has 0 amide bonds. The standard InChI is InChI=1S/C14H21N3S/c1-9(2)5-4-6-16-12-8-13-14(7-11(12)15)18-10(3)17-13/h7-9,16H,4-6,15H2,1-3H3. The highest BCUT2D eigenvalue weighted by Gasteiger charge is 2.05. The minimum absolute atomic E-state index is 0.757. The third-order valence-corrected chi connectivity index (χ3v) is 3.87. The van der Waals surface area contributed by atoms with Crippen molar-refractivity contribution >= 4 is 32.9 Å². The lowest BCUT2D eigenvalue weighted by molar-refractivity contribution is 0.567. The van der Waals surface area contributed by atoms with Gasteiger partial charge in [-0.25, -0.2) is 4.98 Å². The average molecular weight is 263 g/mol. The summed E-state index contributed by atoms with van der Waals surface area (Å²) >= 11 is 1.69. The number of anilines is 2. The Morgan fingerprint density at radius 3 is 2.89 bits per heavy atom. The lowest BCUT2D eigenvalue weighted by Crippen LogP contribution is -2.05. The number of hydrogen-bond donors (Lipinski definition) is 2. The van der Waals surface area contributed by atoms with Crippen molar-refractivity contribution in [2.45, 2.75) is 33.6 Å². The molecule has 18 heavy (non-hydrogen) atoms. The lowest BCUT2D eigenvalue weighted by Gasteiger charge is -2.10. The van der Waals surface area contributed by atoms with Crippen LogP contribution >= 0.6 is 11.3 Å². The Morgan fingerprint density at radius 1 is 1.39 bits per heavy atom. The Morgan fingerprint density at radius 2 is 2.17 bits per heavy atom. The highest BCUT2D eigenvalue weighted by atomic mass is 32.1. The summed E-state index contributed by atoms with van der Waals surface area (Å²) in [6.07, 6.45) is 2.41. The van der Waals surface area contributed by atoms with Crippen LogP contribution in [0.15, 0.2) is 12.1 Å². The number of fused-ring (bicyclic) bond motifs is 1. The van der Waals surface area contributed by atoms with Crippen molar-refractivity contribution in [2.75, 3.05) is 17.6 Å². The number of benzene rings is 1. The first kappa shape index (κ1) is 13.1. The molecule has 0 spiro atoms. The molecule has 0 unspecified atom stereocenters. The van der Waals surface area contributed by atoms with Crippen LogP contribution in [0.25, 0.3) is 10.2 Å². The second-order valence-electron chi connectivity index (χ2n) is 5.10. The maximum Gasteiger partial charge on any atom is 0.0907 e. The van der Waals surface area contributed by atoms with E-state index in [0.717, 1.165) is 39.1 Å². The van der Waals surface area contributed by atoms with E-state index in [9.17, 15) is 0 Å². The van der Waals surface area contributed by atoms with Gasteiger partial charge in [-0.05, 0) is 37.8 Å². The Kier molecular flexibility index (Phi) is 4.07. The van der Waals surface area contributed by atoms with E-state index in [1.165, 1.54) is 12.8 Å². The van der Waals surface area contributed by atoms with Crippen LogP contribution in [0.5, 0.6) is 0 Å². The van der Waals surface area contributed by atoms with Crippen LogP contribution in [0.3, 0.4) is 0 Å². The molecule has 1 aromatic heterocycles. The number of nitrogens with one attached hydrogen (secondary N) is 1. The van der Waals surface area contributed by atoms with Crippen LogP contribution in [0.4, 0.5) is 11.4 Å². The van der Waals surface area contributed by atoms with Crippen LogP contribution in [0.1, 0.15) is 31.7 Å². The first-order valence-corrected chi connectivity index (χ1v) is 7.28. The second kappa shape index (κ2) is 5.57. The van der Waals surface area contributed by atoms with Crippen molar-refractivity contribution in [3.8, 4) is 0 Å². The van der Waals surface area contributed by atoms with Crippen molar-refractivity contribution in [3.63, 3.8) is 0 Å². The van der Waals surface area contributed by atoms with Crippen molar-refractivity contribution < 1.29 is 0 Å². The van der Waals surface area contributed by atoms with E-state index in [1.54, 1.807) is 11.3 Å². The zero-order chi connectivity index (χ0) is 13.1. The number of thiazole rings is 1. The van der Waals surface area contributed by atoms with Gasteiger partial charge in [0.05, 0.1) is 26.6 Å². The van der Waals surface area contributed by atoms with Crippen LogP contribution in [-0.2, 0) is 0 Å². The zero-order valence-corrected chi connectivity index (χ0v) is 12.1. The molecule has 0 aliphatic carbocycles. The maximum absolute atomic E-state index is 6.05. The Bertz CT molecular complexity index is 531. The van der Waals surface area contributed by atoms with E-state index in [2.05, 4.69) is 30.2 Å². The fourth-order valence-electron chi connectivity index (χ4n) is 1.99. The van der Waals surface area contributed by atoms with Gasteiger partial charge in [0.15, 0.2) is 0 Å². The molecule has 3 N–H and O–H groups in total. The van der Waals surface area contributed by atoms with Gasteiger partial charge in [0.25, 0.3) is 0 Å². The molecule has 1 aromatic carbocycles. The predicted octanol–water partition coefficient (Wildman–Crippen LogP) is 4.04. The lowest BCUT2D eigenvalue weighted by atomic mass is 10.1. The number of aromatic nitrogens is 1. The third kappa shape index (κ3) is 3.13. The largest absolute Gasteiger partial charge is 0.397 e. The smallest absolute Gasteiger partial charge is 0.0907 e. The summed E-state index contributed by atoms with van der Waals surface area (Å²) in [5.41, 5.74) is 8.92. The molecule has 0 saturated heterocycles. The van der Waals surface area contributed by atoms with Crippen LogP contribution in [0, 0.1) is 12.8 Å². The Labute approximate surface area is 112 Å². The molecular formula is C14H21N3S. The van der Waals surface area contributed by atoms with Gasteiger partial charge in [0, 0.05) is 6.54 Å². The van der Waals surface area contributed by atoms with Gasteiger partial charge in [0.2, 0.25) is 0 Å². The van der Waals surface area contributed by atoms with E-state index in [-0.39, 0.29) is 0 Å². The van der Waals surface area contributed by atoms with Crippen LogP contribution in [0.2, 0.25) is 0 Å². The number of nitrogen functional groups attached to an aromatic ring is 1. The molecule has 98 valence electrons. The monoisotopic (exact) mass is 263 g/mol. The van der Waals surface area contributed by atoms with E-state index in [0.29, 0.717) is 0 Å². The van der Waals surface area contributed by atoms with E-state index < -0.39 is 0 Å². The van der Waals surface area contributed by atoms with E-state index in [4.69, 9.17) is 5.73 Å². The number of hydrogen-bond acceptors (Lipinski definition) is 4. The Hall–Kier alpha value is -1.29. The number of nitrogens with two attached hydrogens (primary N) is 1. The van der Waals surface area contributed by atoms with Gasteiger partial charge in [0.1, 0.15) is 0 Å². The summed E-state index contributed by atoms with van der Waals surface area (Å²) in [5.74, 6) is 0.757. The quantitative estimate of drug-likeness (QED) is 0.632. The van der Waals surface area contributed by atoms with E-state index >= 15 is 0 Å². The van der Waals surface area contributed by atoms with Gasteiger partial charge >= 0.3 is 0 Å². The van der Waals surface area contributed by atoms with Gasteiger partial charge in [-0.1, -0.05) is 13.8 Å². The summed E-state index contributed by atoms with van der Waals surface area (Å²) < 4.78 is 1.16. The fourth-order valence-corrected chi connectivity index (χ4v) is 2.85. The highest BCUT2D eigenvalue weighted by molar-refractivity contribution is 7.18. The highest BCUT2D eigenvalue weighted by Crippen LogP contribution is 2.29. The molecule has 0 atom stereocenters. The molecule has 0 fully saturated rings. The predicted molar refractivity (Wildman–Crippen MR) is 81.3 cm³/mol. The molecular weight excluding hydrogens is 242 g/mol. The topological polar surface area (TPSA) is 50.9 Å². The van der Waals surface area contributed by atoms with Crippen molar-refractivity contribution in [2.24, 2.45) is 5.92 Å². The number of nitrogens with zero attached hydrogens (tertiary/aromatic N) is 1. The third-order valence-electron chi connectivity index (χ3n) is 2.94. The molecule has 0 radical (unpaired) electrons. The number of aryl methyl sites for hydroxylation is 1. The zero-order valence-electron chi connectivity index (χ0n) is 11.3. The molecule has 2 aromatic rings. The maximum atomic E-state index is 6.05. The van der Waals surface area contributed by atoms with Gasteiger partial charge in [-0.15, -0.1) is 11.3 Å². The average Bonchev–Trinajstić information content (AvgIpc) is 2.63. The molecule has 4 heteroatoms. The van der Waals surface area contributed by atoms with Gasteiger partial charge in [-0.3, -0.25) is 0 Å². The molecule has 0 bridgehead atoms. The summed E-state index contributed by atoms with van der Waals surface area (Å²) in [6, 6.07) is 4.08. The summed E-state index contributed by atoms with van der Waals surface area (Å²) in [6.45, 7) is 7.49. The van der Waals surface area contributed by atoms with Crippen molar-refractivity contribution in [1.82, 2.24) is 4.98 Å². The minimum atomic E-state index is 0.757. The first-order valence-electron chi connectivity index (χ1n) is 6.47. The second-order valence-corrected chi connectivity index (χ2v) is 6.34. The van der Waals surface area contributed by atoms with E-state index in [1.807, 2.05) is 13.0 Å². The van der Waals surface area contributed by atoms with Crippen LogP contribution < -0.4 is 11.1 Å². The fraction of sp³-hybridized carbons (Fsp3) is 0.500. The van der Waals surface area contributed by atoms with Gasteiger partial charge < -0.3 is 11.1 Å². The Balaban J connectivity index is 2.05. The minimum Gasteiger partial charge on any atom is -0.397 e. The summed E-state index contributed by atoms with van der Waals surface area (Å²) in [5, 5.41) is 4.49. The van der Waals surface area contributed by atoms with Crippen LogP contribution in [-0.4, -0.2) is 11.5 Å². The molecule has 2 rings (SSSR count). The molecule has 0 aliphatic rings. The van der Waals surface area contributed by atoms with Crippen molar-refractivity contribution in [3.05, 3.63) is 17.1 Å². The number of rotatable bonds is 5. The molecule has 1 heterocycles. The first-order chi connectivity index (χ1) is 8.56.